The molecule has 3 rings (SSSR count). The van der Waals surface area contributed by atoms with E-state index in [0.29, 0.717) is 12.4 Å². The van der Waals surface area contributed by atoms with Gasteiger partial charge in [-0.3, -0.25) is 0 Å². The normalized spacial score (nSPS) is 10.4. The molecular formula is C24H23BrO5. The highest BCUT2D eigenvalue weighted by Crippen LogP contribution is 2.28. The highest BCUT2D eigenvalue weighted by atomic mass is 79.9. The lowest BCUT2D eigenvalue weighted by Crippen LogP contribution is -2.13. The van der Waals surface area contributed by atoms with E-state index in [0.717, 1.165) is 38.2 Å². The second-order valence-corrected chi connectivity index (χ2v) is 7.57. The van der Waals surface area contributed by atoms with Gasteiger partial charge in [-0.05, 0) is 77.7 Å². The van der Waals surface area contributed by atoms with E-state index < -0.39 is 5.97 Å². The number of carbonyl (C=O) groups excluding carboxylic acids is 1. The van der Waals surface area contributed by atoms with E-state index >= 15 is 0 Å². The van der Waals surface area contributed by atoms with Crippen LogP contribution in [0.15, 0.2) is 65.1 Å². The molecule has 0 saturated carbocycles. The van der Waals surface area contributed by atoms with Gasteiger partial charge in [-0.2, -0.15) is 0 Å². The van der Waals surface area contributed by atoms with Gasteiger partial charge in [0.25, 0.3) is 0 Å². The van der Waals surface area contributed by atoms with Gasteiger partial charge in [0.2, 0.25) is 0 Å². The average Bonchev–Trinajstić information content (AvgIpc) is 2.76. The molecule has 30 heavy (non-hydrogen) atoms. The summed E-state index contributed by atoms with van der Waals surface area (Å²) in [5, 5.41) is 0. The summed E-state index contributed by atoms with van der Waals surface area (Å²) in [6, 6.07) is 19.7. The fraction of sp³-hybridized carbons (Fsp3) is 0.208. The first-order valence-electron chi connectivity index (χ1n) is 9.35. The number of halogens is 1. The SMILES string of the molecule is COC(=O)COc1ccc(OCc2cc(Br)cc(-c3ccc(OC)cc3)c2)cc1C. The number of aryl methyl sites for hydroxylation is 1. The molecule has 0 unspecified atom stereocenters. The first kappa shape index (κ1) is 21.7. The summed E-state index contributed by atoms with van der Waals surface area (Å²) < 4.78 is 22.2. The van der Waals surface area contributed by atoms with Crippen molar-refractivity contribution in [3.63, 3.8) is 0 Å². The van der Waals surface area contributed by atoms with Crippen molar-refractivity contribution in [1.29, 1.82) is 0 Å². The summed E-state index contributed by atoms with van der Waals surface area (Å²) >= 11 is 3.59. The van der Waals surface area contributed by atoms with E-state index in [4.69, 9.17) is 14.2 Å². The zero-order valence-electron chi connectivity index (χ0n) is 17.1. The van der Waals surface area contributed by atoms with Crippen LogP contribution in [0.5, 0.6) is 17.2 Å². The number of benzene rings is 3. The van der Waals surface area contributed by atoms with Crippen LogP contribution in [0, 0.1) is 6.92 Å². The van der Waals surface area contributed by atoms with Crippen molar-refractivity contribution in [2.75, 3.05) is 20.8 Å². The molecule has 3 aromatic carbocycles. The quantitative estimate of drug-likeness (QED) is 0.403. The number of hydrogen-bond acceptors (Lipinski definition) is 5. The summed E-state index contributed by atoms with van der Waals surface area (Å²) in [4.78, 5) is 11.2. The minimum Gasteiger partial charge on any atom is -0.497 e. The molecule has 0 amide bonds. The van der Waals surface area contributed by atoms with Crippen LogP contribution >= 0.6 is 15.9 Å². The average molecular weight is 471 g/mol. The first-order chi connectivity index (χ1) is 14.5. The molecule has 0 aromatic heterocycles. The van der Waals surface area contributed by atoms with Gasteiger partial charge in [-0.15, -0.1) is 0 Å². The third-order valence-corrected chi connectivity index (χ3v) is 4.96. The van der Waals surface area contributed by atoms with Crippen LogP contribution in [0.3, 0.4) is 0 Å². The Bertz CT molecular complexity index is 1010. The van der Waals surface area contributed by atoms with Crippen molar-refractivity contribution in [3.8, 4) is 28.4 Å². The van der Waals surface area contributed by atoms with Gasteiger partial charge in [0.1, 0.15) is 23.9 Å². The van der Waals surface area contributed by atoms with Crippen LogP contribution in [0.2, 0.25) is 0 Å². The van der Waals surface area contributed by atoms with Gasteiger partial charge >= 0.3 is 5.97 Å². The number of carbonyl (C=O) groups is 1. The number of methoxy groups -OCH3 is 2. The summed E-state index contributed by atoms with van der Waals surface area (Å²) in [6.45, 7) is 2.20. The zero-order chi connectivity index (χ0) is 21.5. The van der Waals surface area contributed by atoms with Crippen LogP contribution in [-0.2, 0) is 16.1 Å². The smallest absolute Gasteiger partial charge is 0.343 e. The van der Waals surface area contributed by atoms with Gasteiger partial charge in [0, 0.05) is 4.47 Å². The van der Waals surface area contributed by atoms with Crippen LogP contribution in [0.25, 0.3) is 11.1 Å². The predicted octanol–water partition coefficient (Wildman–Crippen LogP) is 5.56. The maximum atomic E-state index is 11.2. The molecule has 0 fully saturated rings. The van der Waals surface area contributed by atoms with Gasteiger partial charge in [-0.25, -0.2) is 4.79 Å². The van der Waals surface area contributed by atoms with Crippen molar-refractivity contribution < 1.29 is 23.7 Å². The maximum absolute atomic E-state index is 11.2. The van der Waals surface area contributed by atoms with Crippen LogP contribution in [0.1, 0.15) is 11.1 Å². The highest BCUT2D eigenvalue weighted by Gasteiger charge is 2.08. The second-order valence-electron chi connectivity index (χ2n) is 6.66. The molecule has 5 nitrogen and oxygen atoms in total. The lowest BCUT2D eigenvalue weighted by atomic mass is 10.0. The van der Waals surface area contributed by atoms with E-state index in [1.54, 1.807) is 13.2 Å². The molecule has 0 aliphatic carbocycles. The summed E-state index contributed by atoms with van der Waals surface area (Å²) in [5.74, 6) is 1.75. The number of hydrogen-bond donors (Lipinski definition) is 0. The van der Waals surface area contributed by atoms with Crippen molar-refractivity contribution in [1.82, 2.24) is 0 Å². The molecule has 0 radical (unpaired) electrons. The Hall–Kier alpha value is -2.99. The summed E-state index contributed by atoms with van der Waals surface area (Å²) in [6.07, 6.45) is 0. The molecule has 0 aliphatic rings. The van der Waals surface area contributed by atoms with Gasteiger partial charge in [0.05, 0.1) is 14.2 Å². The van der Waals surface area contributed by atoms with Crippen LogP contribution in [-0.4, -0.2) is 26.8 Å². The predicted molar refractivity (Wildman–Crippen MR) is 119 cm³/mol. The maximum Gasteiger partial charge on any atom is 0.343 e. The molecule has 0 bridgehead atoms. The third-order valence-electron chi connectivity index (χ3n) is 4.51. The van der Waals surface area contributed by atoms with Crippen molar-refractivity contribution in [2.24, 2.45) is 0 Å². The largest absolute Gasteiger partial charge is 0.497 e. The molecule has 0 aliphatic heterocycles. The second kappa shape index (κ2) is 10.2. The number of esters is 1. The van der Waals surface area contributed by atoms with Crippen molar-refractivity contribution >= 4 is 21.9 Å². The highest BCUT2D eigenvalue weighted by molar-refractivity contribution is 9.10. The summed E-state index contributed by atoms with van der Waals surface area (Å²) in [5.41, 5.74) is 4.11. The Morgan fingerprint density at radius 3 is 2.27 bits per heavy atom. The van der Waals surface area contributed by atoms with E-state index in [-0.39, 0.29) is 6.61 Å². The molecule has 3 aromatic rings. The number of ether oxygens (including phenoxy) is 4. The Labute approximate surface area is 184 Å². The molecule has 156 valence electrons. The third kappa shape index (κ3) is 5.76. The van der Waals surface area contributed by atoms with E-state index in [1.807, 2.05) is 49.4 Å². The molecule has 0 heterocycles. The first-order valence-corrected chi connectivity index (χ1v) is 10.1. The van der Waals surface area contributed by atoms with Gasteiger partial charge in [-0.1, -0.05) is 28.1 Å². The number of rotatable bonds is 8. The van der Waals surface area contributed by atoms with Crippen LogP contribution < -0.4 is 14.2 Å². The van der Waals surface area contributed by atoms with Gasteiger partial charge < -0.3 is 18.9 Å². The fourth-order valence-electron chi connectivity index (χ4n) is 2.92. The summed E-state index contributed by atoms with van der Waals surface area (Å²) in [7, 11) is 2.99. The van der Waals surface area contributed by atoms with Crippen molar-refractivity contribution in [2.45, 2.75) is 13.5 Å². The molecule has 0 N–H and O–H groups in total. The van der Waals surface area contributed by atoms with E-state index in [9.17, 15) is 4.79 Å². The Kier molecular flexibility index (Phi) is 7.36. The standard InChI is InChI=1S/C24H23BrO5/c1-16-10-22(8-9-23(16)30-15-24(26)28-3)29-14-17-11-19(13-20(25)12-17)18-4-6-21(27-2)7-5-18/h4-13H,14-15H2,1-3H3. The topological polar surface area (TPSA) is 54.0 Å². The molecule has 0 saturated heterocycles. The minimum absolute atomic E-state index is 0.121. The molecular weight excluding hydrogens is 448 g/mol. The zero-order valence-corrected chi connectivity index (χ0v) is 18.7. The minimum atomic E-state index is -0.419. The monoisotopic (exact) mass is 470 g/mol. The van der Waals surface area contributed by atoms with E-state index in [1.165, 1.54) is 7.11 Å². The molecule has 0 spiro atoms. The Balaban J connectivity index is 1.68. The Morgan fingerprint density at radius 2 is 1.60 bits per heavy atom. The lowest BCUT2D eigenvalue weighted by Gasteiger charge is -2.12. The van der Waals surface area contributed by atoms with Crippen LogP contribution in [0.4, 0.5) is 0 Å². The fourth-order valence-corrected chi connectivity index (χ4v) is 3.46. The van der Waals surface area contributed by atoms with E-state index in [2.05, 4.69) is 32.8 Å². The lowest BCUT2D eigenvalue weighted by molar-refractivity contribution is -0.142. The molecule has 6 heteroatoms. The molecule has 0 atom stereocenters. The Morgan fingerprint density at radius 1 is 0.867 bits per heavy atom. The van der Waals surface area contributed by atoms with Gasteiger partial charge in [0.15, 0.2) is 6.61 Å². The van der Waals surface area contributed by atoms with Crippen molar-refractivity contribution in [3.05, 3.63) is 76.3 Å².